The first-order valence-electron chi connectivity index (χ1n) is 10.3. The number of hydrogen-bond donors (Lipinski definition) is 1. The predicted molar refractivity (Wildman–Crippen MR) is 94.7 cm³/mol. The van der Waals surface area contributed by atoms with Crippen molar-refractivity contribution in [3.05, 3.63) is 0 Å². The standard InChI is InChI=1S/C21H35NO/c1-4-21-12-9-14(2)13-15(21)5-6-16-17-7-8-19(22-23)20(17,3)11-10-18(16)21/h14-18,23H,4-13H2,1-3H3/b22-19+/t14-,15+,16+,17+,18+,20+,21+/m1/s1. The van der Waals surface area contributed by atoms with Gasteiger partial charge in [0.05, 0.1) is 5.71 Å². The molecule has 2 nitrogen and oxygen atoms in total. The summed E-state index contributed by atoms with van der Waals surface area (Å²) in [7, 11) is 0. The molecule has 0 aliphatic heterocycles. The van der Waals surface area contributed by atoms with Gasteiger partial charge in [0.2, 0.25) is 0 Å². The van der Waals surface area contributed by atoms with Gasteiger partial charge >= 0.3 is 0 Å². The number of oxime groups is 1. The molecule has 23 heavy (non-hydrogen) atoms. The molecule has 130 valence electrons. The fraction of sp³-hybridized carbons (Fsp3) is 0.952. The molecule has 0 aromatic rings. The Morgan fingerprint density at radius 3 is 2.65 bits per heavy atom. The molecule has 4 aliphatic carbocycles. The summed E-state index contributed by atoms with van der Waals surface area (Å²) in [6.45, 7) is 7.36. The first-order chi connectivity index (χ1) is 11.0. The second-order valence-electron chi connectivity index (χ2n) is 9.66. The number of fused-ring (bicyclic) bond motifs is 5. The van der Waals surface area contributed by atoms with E-state index in [0.29, 0.717) is 5.41 Å². The average Bonchev–Trinajstić information content (AvgIpc) is 2.90. The smallest absolute Gasteiger partial charge is 0.0632 e. The SMILES string of the molecule is CC[C@]12CC[C@@H](C)C[C@@H]1CC[C@@H]1[C@@H]2CC[C@]2(C)/C(=N/O)CC[C@@H]12. The Hall–Kier alpha value is -0.530. The van der Waals surface area contributed by atoms with E-state index in [0.717, 1.165) is 41.7 Å². The zero-order valence-electron chi connectivity index (χ0n) is 15.4. The number of hydrogen-bond acceptors (Lipinski definition) is 2. The van der Waals surface area contributed by atoms with Gasteiger partial charge in [0, 0.05) is 5.41 Å². The summed E-state index contributed by atoms with van der Waals surface area (Å²) >= 11 is 0. The van der Waals surface area contributed by atoms with Gasteiger partial charge in [-0.25, -0.2) is 0 Å². The Balaban J connectivity index is 1.66. The molecule has 2 heteroatoms. The molecule has 0 radical (unpaired) electrons. The highest BCUT2D eigenvalue weighted by Crippen LogP contribution is 2.67. The zero-order chi connectivity index (χ0) is 16.2. The molecule has 0 bridgehead atoms. The van der Waals surface area contributed by atoms with Crippen LogP contribution >= 0.6 is 0 Å². The van der Waals surface area contributed by atoms with Crippen molar-refractivity contribution in [2.75, 3.05) is 0 Å². The molecule has 0 aromatic heterocycles. The van der Waals surface area contributed by atoms with E-state index in [1.165, 1.54) is 57.8 Å². The van der Waals surface area contributed by atoms with Crippen LogP contribution in [0.1, 0.15) is 85.0 Å². The van der Waals surface area contributed by atoms with Crippen molar-refractivity contribution < 1.29 is 5.21 Å². The lowest BCUT2D eigenvalue weighted by molar-refractivity contribution is -0.114. The average molecular weight is 318 g/mol. The van der Waals surface area contributed by atoms with Crippen LogP contribution in [0, 0.1) is 40.4 Å². The Morgan fingerprint density at radius 1 is 1.09 bits per heavy atom. The van der Waals surface area contributed by atoms with Crippen LogP contribution in [-0.4, -0.2) is 10.9 Å². The van der Waals surface area contributed by atoms with E-state index in [1.807, 2.05) is 0 Å². The Kier molecular flexibility index (Phi) is 3.81. The summed E-state index contributed by atoms with van der Waals surface area (Å²) in [4.78, 5) is 0. The predicted octanol–water partition coefficient (Wildman–Crippen LogP) is 5.89. The van der Waals surface area contributed by atoms with Crippen molar-refractivity contribution in [2.45, 2.75) is 85.0 Å². The molecule has 7 atom stereocenters. The summed E-state index contributed by atoms with van der Waals surface area (Å²) in [5.74, 6) is 4.59. The van der Waals surface area contributed by atoms with E-state index in [2.05, 4.69) is 25.9 Å². The molecule has 0 amide bonds. The van der Waals surface area contributed by atoms with Gasteiger partial charge in [0.25, 0.3) is 0 Å². The third kappa shape index (κ3) is 2.09. The summed E-state index contributed by atoms with van der Waals surface area (Å²) < 4.78 is 0. The van der Waals surface area contributed by atoms with Gasteiger partial charge < -0.3 is 5.21 Å². The molecular formula is C21H35NO. The lowest BCUT2D eigenvalue weighted by Crippen LogP contribution is -2.54. The maximum absolute atomic E-state index is 9.47. The lowest BCUT2D eigenvalue weighted by Gasteiger charge is -2.61. The third-order valence-corrected chi connectivity index (χ3v) is 9.15. The second-order valence-corrected chi connectivity index (χ2v) is 9.66. The summed E-state index contributed by atoms with van der Waals surface area (Å²) in [6, 6.07) is 0. The quantitative estimate of drug-likeness (QED) is 0.475. The Bertz CT molecular complexity index is 500. The van der Waals surface area contributed by atoms with Gasteiger partial charge in [-0.1, -0.05) is 32.3 Å². The molecule has 4 aliphatic rings. The molecular weight excluding hydrogens is 282 g/mol. The second kappa shape index (κ2) is 5.49. The van der Waals surface area contributed by atoms with Crippen LogP contribution in [0.25, 0.3) is 0 Å². The molecule has 0 unspecified atom stereocenters. The monoisotopic (exact) mass is 317 g/mol. The lowest BCUT2D eigenvalue weighted by atomic mass is 9.43. The van der Waals surface area contributed by atoms with Crippen LogP contribution in [0.5, 0.6) is 0 Å². The van der Waals surface area contributed by atoms with E-state index in [1.54, 1.807) is 0 Å². The number of rotatable bonds is 1. The van der Waals surface area contributed by atoms with Crippen LogP contribution < -0.4 is 0 Å². The normalized spacial score (nSPS) is 54.4. The van der Waals surface area contributed by atoms with Crippen LogP contribution in [0.15, 0.2) is 5.16 Å². The summed E-state index contributed by atoms with van der Waals surface area (Å²) in [5.41, 5.74) is 1.97. The van der Waals surface area contributed by atoms with Gasteiger partial charge in [0.15, 0.2) is 0 Å². The Morgan fingerprint density at radius 2 is 1.91 bits per heavy atom. The fourth-order valence-corrected chi connectivity index (χ4v) is 7.93. The Labute approximate surface area is 142 Å². The van der Waals surface area contributed by atoms with E-state index < -0.39 is 0 Å². The van der Waals surface area contributed by atoms with E-state index >= 15 is 0 Å². The molecule has 4 rings (SSSR count). The first-order valence-corrected chi connectivity index (χ1v) is 10.3. The highest BCUT2D eigenvalue weighted by molar-refractivity contribution is 5.91. The molecule has 1 N–H and O–H groups in total. The van der Waals surface area contributed by atoms with Gasteiger partial charge in [-0.15, -0.1) is 0 Å². The zero-order valence-corrected chi connectivity index (χ0v) is 15.4. The van der Waals surface area contributed by atoms with Crippen LogP contribution in [0.3, 0.4) is 0 Å². The van der Waals surface area contributed by atoms with Gasteiger partial charge in [-0.2, -0.15) is 0 Å². The van der Waals surface area contributed by atoms with Crippen LogP contribution in [0.2, 0.25) is 0 Å². The van der Waals surface area contributed by atoms with Gasteiger partial charge in [-0.05, 0) is 92.8 Å². The molecule has 0 heterocycles. The minimum Gasteiger partial charge on any atom is -0.411 e. The molecule has 0 saturated heterocycles. The topological polar surface area (TPSA) is 32.6 Å². The number of nitrogens with zero attached hydrogens (tertiary/aromatic N) is 1. The van der Waals surface area contributed by atoms with E-state index in [4.69, 9.17) is 0 Å². The van der Waals surface area contributed by atoms with Gasteiger partial charge in [-0.3, -0.25) is 0 Å². The minimum absolute atomic E-state index is 0.208. The maximum atomic E-state index is 9.47. The molecule has 4 saturated carbocycles. The van der Waals surface area contributed by atoms with Crippen molar-refractivity contribution in [1.82, 2.24) is 0 Å². The third-order valence-electron chi connectivity index (χ3n) is 9.15. The first kappa shape index (κ1) is 16.0. The van der Waals surface area contributed by atoms with Crippen molar-refractivity contribution >= 4 is 5.71 Å². The highest BCUT2D eigenvalue weighted by atomic mass is 16.4. The van der Waals surface area contributed by atoms with Crippen LogP contribution in [0.4, 0.5) is 0 Å². The highest BCUT2D eigenvalue weighted by Gasteiger charge is 2.60. The summed E-state index contributed by atoms with van der Waals surface area (Å²) in [5, 5.41) is 13.2. The van der Waals surface area contributed by atoms with Crippen molar-refractivity contribution in [3.63, 3.8) is 0 Å². The van der Waals surface area contributed by atoms with Crippen molar-refractivity contribution in [2.24, 2.45) is 45.6 Å². The van der Waals surface area contributed by atoms with Crippen molar-refractivity contribution in [3.8, 4) is 0 Å². The van der Waals surface area contributed by atoms with E-state index in [9.17, 15) is 5.21 Å². The summed E-state index contributed by atoms with van der Waals surface area (Å²) in [6.07, 6.45) is 13.7. The van der Waals surface area contributed by atoms with Crippen molar-refractivity contribution in [1.29, 1.82) is 0 Å². The molecule has 0 aromatic carbocycles. The maximum Gasteiger partial charge on any atom is 0.0632 e. The molecule has 4 fully saturated rings. The minimum atomic E-state index is 0.208. The fourth-order valence-electron chi connectivity index (χ4n) is 7.93. The largest absolute Gasteiger partial charge is 0.411 e. The van der Waals surface area contributed by atoms with Gasteiger partial charge in [0.1, 0.15) is 0 Å². The molecule has 0 spiro atoms. The van der Waals surface area contributed by atoms with Crippen LogP contribution in [-0.2, 0) is 0 Å². The van der Waals surface area contributed by atoms with E-state index in [-0.39, 0.29) is 5.41 Å².